The summed E-state index contributed by atoms with van der Waals surface area (Å²) in [5.41, 5.74) is 6.66. The predicted octanol–water partition coefficient (Wildman–Crippen LogP) is 5.82. The first-order valence-electron chi connectivity index (χ1n) is 8.43. The Morgan fingerprint density at radius 2 is 1.70 bits per heavy atom. The van der Waals surface area contributed by atoms with Crippen LogP contribution in [0.3, 0.4) is 0 Å². The number of rotatable bonds is 4. The van der Waals surface area contributed by atoms with Crippen molar-refractivity contribution in [3.05, 3.63) is 88.9 Å². The maximum absolute atomic E-state index is 9.83. The molecular formula is C22H16BrN3O. The van der Waals surface area contributed by atoms with E-state index < -0.39 is 0 Å². The molecule has 0 saturated heterocycles. The van der Waals surface area contributed by atoms with Gasteiger partial charge in [0, 0.05) is 15.4 Å². The Balaban J connectivity index is 1.74. The van der Waals surface area contributed by atoms with Crippen LogP contribution in [0.1, 0.15) is 5.56 Å². The average Bonchev–Trinajstić information content (AvgIpc) is 2.70. The summed E-state index contributed by atoms with van der Waals surface area (Å²) in [6.45, 7) is 0. The first-order chi connectivity index (χ1) is 13.2. The van der Waals surface area contributed by atoms with Crippen molar-refractivity contribution in [3.63, 3.8) is 0 Å². The normalized spacial score (nSPS) is 11.1. The third kappa shape index (κ3) is 3.83. The number of hydrazone groups is 1. The van der Waals surface area contributed by atoms with Crippen molar-refractivity contribution >= 4 is 38.9 Å². The standard InChI is InChI=1S/C22H16BrN3O/c23-17-10-11-20-19(12-17)18(15-6-2-1-3-7-15)13-22(25-20)26-24-14-16-8-4-5-9-21(16)27/h1-14,27H,(H,25,26)/b24-14+. The molecule has 0 atom stereocenters. The average molecular weight is 418 g/mol. The van der Waals surface area contributed by atoms with Gasteiger partial charge in [0.1, 0.15) is 11.6 Å². The van der Waals surface area contributed by atoms with E-state index in [1.54, 1.807) is 24.4 Å². The quantitative estimate of drug-likeness (QED) is 0.325. The number of aromatic hydroxyl groups is 1. The molecule has 0 aliphatic rings. The molecule has 0 unspecified atom stereocenters. The van der Waals surface area contributed by atoms with Crippen LogP contribution in [0, 0.1) is 0 Å². The van der Waals surface area contributed by atoms with Gasteiger partial charge in [-0.2, -0.15) is 5.10 Å². The van der Waals surface area contributed by atoms with Crippen molar-refractivity contribution in [2.24, 2.45) is 5.10 Å². The third-order valence-corrected chi connectivity index (χ3v) is 4.67. The van der Waals surface area contributed by atoms with E-state index in [2.05, 4.69) is 49.6 Å². The van der Waals surface area contributed by atoms with E-state index in [0.717, 1.165) is 26.5 Å². The lowest BCUT2D eigenvalue weighted by Gasteiger charge is -2.10. The van der Waals surface area contributed by atoms with E-state index in [1.807, 2.05) is 42.5 Å². The number of nitrogens with zero attached hydrogens (tertiary/aromatic N) is 2. The molecule has 2 N–H and O–H groups in total. The number of fused-ring (bicyclic) bond motifs is 1. The molecule has 0 bridgehead atoms. The molecule has 0 fully saturated rings. The topological polar surface area (TPSA) is 57.5 Å². The number of phenolic OH excluding ortho intramolecular Hbond substituents is 1. The summed E-state index contributed by atoms with van der Waals surface area (Å²) in [4.78, 5) is 4.65. The van der Waals surface area contributed by atoms with Crippen LogP contribution in [0.2, 0.25) is 0 Å². The number of hydrogen-bond donors (Lipinski definition) is 2. The number of halogens is 1. The maximum atomic E-state index is 9.83. The summed E-state index contributed by atoms with van der Waals surface area (Å²) < 4.78 is 1.01. The van der Waals surface area contributed by atoms with E-state index in [4.69, 9.17) is 0 Å². The Bertz CT molecular complexity index is 1130. The molecule has 4 nitrogen and oxygen atoms in total. The fourth-order valence-electron chi connectivity index (χ4n) is 2.88. The maximum Gasteiger partial charge on any atom is 0.147 e. The molecule has 27 heavy (non-hydrogen) atoms. The predicted molar refractivity (Wildman–Crippen MR) is 114 cm³/mol. The van der Waals surface area contributed by atoms with Crippen LogP contribution in [0.15, 0.2) is 88.4 Å². The fraction of sp³-hybridized carbons (Fsp3) is 0. The van der Waals surface area contributed by atoms with Crippen LogP contribution >= 0.6 is 15.9 Å². The van der Waals surface area contributed by atoms with Crippen molar-refractivity contribution in [1.29, 1.82) is 0 Å². The Kier molecular flexibility index (Phi) is 4.85. The highest BCUT2D eigenvalue weighted by atomic mass is 79.9. The van der Waals surface area contributed by atoms with Gasteiger partial charge in [0.05, 0.1) is 11.7 Å². The van der Waals surface area contributed by atoms with Crippen molar-refractivity contribution in [1.82, 2.24) is 4.98 Å². The largest absolute Gasteiger partial charge is 0.507 e. The molecule has 5 heteroatoms. The minimum Gasteiger partial charge on any atom is -0.507 e. The van der Waals surface area contributed by atoms with Crippen molar-refractivity contribution in [2.45, 2.75) is 0 Å². The lowest BCUT2D eigenvalue weighted by molar-refractivity contribution is 0.474. The summed E-state index contributed by atoms with van der Waals surface area (Å²) >= 11 is 3.54. The lowest BCUT2D eigenvalue weighted by atomic mass is 10.0. The van der Waals surface area contributed by atoms with E-state index in [-0.39, 0.29) is 5.75 Å². The summed E-state index contributed by atoms with van der Waals surface area (Å²) in [7, 11) is 0. The van der Waals surface area contributed by atoms with Crippen LogP contribution in [-0.4, -0.2) is 16.3 Å². The van der Waals surface area contributed by atoms with Gasteiger partial charge in [-0.15, -0.1) is 0 Å². The highest BCUT2D eigenvalue weighted by Gasteiger charge is 2.08. The Morgan fingerprint density at radius 3 is 2.52 bits per heavy atom. The molecule has 0 spiro atoms. The third-order valence-electron chi connectivity index (χ3n) is 4.18. The van der Waals surface area contributed by atoms with Gasteiger partial charge in [-0.3, -0.25) is 5.43 Å². The Hall–Kier alpha value is -3.18. The Morgan fingerprint density at radius 1 is 0.926 bits per heavy atom. The van der Waals surface area contributed by atoms with Gasteiger partial charge in [-0.05, 0) is 47.5 Å². The SMILES string of the molecule is Oc1ccccc1/C=N/Nc1cc(-c2ccccc2)c2cc(Br)ccc2n1. The minimum absolute atomic E-state index is 0.185. The van der Waals surface area contributed by atoms with E-state index in [1.165, 1.54) is 0 Å². The number of phenols is 1. The lowest BCUT2D eigenvalue weighted by Crippen LogP contribution is -1.96. The molecule has 4 aromatic rings. The first-order valence-corrected chi connectivity index (χ1v) is 9.23. The molecule has 132 valence electrons. The summed E-state index contributed by atoms with van der Waals surface area (Å²) in [5.74, 6) is 0.819. The molecule has 1 heterocycles. The van der Waals surface area contributed by atoms with Gasteiger partial charge >= 0.3 is 0 Å². The van der Waals surface area contributed by atoms with Crippen LogP contribution in [0.4, 0.5) is 5.82 Å². The molecule has 0 saturated carbocycles. The van der Waals surface area contributed by atoms with Gasteiger partial charge in [0.25, 0.3) is 0 Å². The van der Waals surface area contributed by atoms with Gasteiger partial charge in [-0.25, -0.2) is 4.98 Å². The monoisotopic (exact) mass is 417 g/mol. The zero-order chi connectivity index (χ0) is 18.6. The van der Waals surface area contributed by atoms with Crippen LogP contribution in [-0.2, 0) is 0 Å². The number of nitrogens with one attached hydrogen (secondary N) is 1. The van der Waals surface area contributed by atoms with Crippen LogP contribution < -0.4 is 5.43 Å². The number of anilines is 1. The second-order valence-corrected chi connectivity index (χ2v) is 6.93. The van der Waals surface area contributed by atoms with Gasteiger partial charge in [0.2, 0.25) is 0 Å². The number of aromatic nitrogens is 1. The van der Waals surface area contributed by atoms with E-state index in [0.29, 0.717) is 11.4 Å². The molecule has 4 rings (SSSR count). The molecule has 0 aliphatic heterocycles. The molecule has 0 amide bonds. The zero-order valence-corrected chi connectivity index (χ0v) is 15.9. The number of para-hydroxylation sites is 1. The van der Waals surface area contributed by atoms with Crippen molar-refractivity contribution < 1.29 is 5.11 Å². The highest BCUT2D eigenvalue weighted by molar-refractivity contribution is 9.10. The minimum atomic E-state index is 0.185. The summed E-state index contributed by atoms with van der Waals surface area (Å²) in [6, 6.07) is 25.2. The summed E-state index contributed by atoms with van der Waals surface area (Å²) in [6.07, 6.45) is 1.57. The van der Waals surface area contributed by atoms with E-state index >= 15 is 0 Å². The van der Waals surface area contributed by atoms with E-state index in [9.17, 15) is 5.11 Å². The second-order valence-electron chi connectivity index (χ2n) is 6.01. The summed E-state index contributed by atoms with van der Waals surface area (Å²) in [5, 5.41) is 15.1. The molecule has 0 aliphatic carbocycles. The van der Waals surface area contributed by atoms with Crippen LogP contribution in [0.25, 0.3) is 22.0 Å². The fourth-order valence-corrected chi connectivity index (χ4v) is 3.24. The number of hydrogen-bond acceptors (Lipinski definition) is 4. The molecule has 1 aromatic heterocycles. The number of benzene rings is 3. The smallest absolute Gasteiger partial charge is 0.147 e. The molecule has 0 radical (unpaired) electrons. The number of pyridine rings is 1. The van der Waals surface area contributed by atoms with Gasteiger partial charge in [-0.1, -0.05) is 58.4 Å². The van der Waals surface area contributed by atoms with Gasteiger partial charge < -0.3 is 5.11 Å². The molecular weight excluding hydrogens is 402 g/mol. The Labute approximate surface area is 165 Å². The van der Waals surface area contributed by atoms with Gasteiger partial charge in [0.15, 0.2) is 0 Å². The first kappa shape index (κ1) is 17.2. The van der Waals surface area contributed by atoms with Crippen molar-refractivity contribution in [3.8, 4) is 16.9 Å². The zero-order valence-electron chi connectivity index (χ0n) is 14.3. The highest BCUT2D eigenvalue weighted by Crippen LogP contribution is 2.32. The molecule has 3 aromatic carbocycles. The van der Waals surface area contributed by atoms with Crippen molar-refractivity contribution in [2.75, 3.05) is 5.43 Å². The van der Waals surface area contributed by atoms with Crippen LogP contribution in [0.5, 0.6) is 5.75 Å². The second kappa shape index (κ2) is 7.60.